The number of nitrogens with zero attached hydrogens (tertiary/aromatic N) is 1. The van der Waals surface area contributed by atoms with E-state index < -0.39 is 0 Å². The Morgan fingerprint density at radius 1 is 1.58 bits per heavy atom. The van der Waals surface area contributed by atoms with Crippen LogP contribution >= 0.6 is 23.4 Å². The average Bonchev–Trinajstić information content (AvgIpc) is 2.89. The number of carbonyl (C=O) groups is 1. The molecule has 1 heterocycles. The van der Waals surface area contributed by atoms with Crippen molar-refractivity contribution in [1.29, 1.82) is 0 Å². The van der Waals surface area contributed by atoms with E-state index in [1.165, 1.54) is 11.8 Å². The number of benzene rings is 1. The molecule has 1 aliphatic heterocycles. The molecule has 0 saturated carbocycles. The molecule has 1 saturated heterocycles. The van der Waals surface area contributed by atoms with Gasteiger partial charge in [0.05, 0.1) is 10.3 Å². The van der Waals surface area contributed by atoms with Crippen LogP contribution in [0.4, 0.5) is 0 Å². The van der Waals surface area contributed by atoms with Gasteiger partial charge >= 0.3 is 0 Å². The molecule has 2 rings (SSSR count). The molecule has 3 nitrogen and oxygen atoms in total. The molecular weight excluding hydrogens is 280 g/mol. The van der Waals surface area contributed by atoms with E-state index in [2.05, 4.69) is 0 Å². The minimum absolute atomic E-state index is 0.114. The van der Waals surface area contributed by atoms with Gasteiger partial charge in [0.15, 0.2) is 0 Å². The van der Waals surface area contributed by atoms with Crippen LogP contribution in [0.5, 0.6) is 0 Å². The number of amides is 1. The summed E-state index contributed by atoms with van der Waals surface area (Å²) >= 11 is 7.64. The van der Waals surface area contributed by atoms with E-state index in [-0.39, 0.29) is 11.2 Å². The second-order valence-corrected chi connectivity index (χ2v) is 6.65. The van der Waals surface area contributed by atoms with E-state index in [9.17, 15) is 4.79 Å². The quantitative estimate of drug-likeness (QED) is 0.869. The van der Waals surface area contributed by atoms with Crippen LogP contribution < -0.4 is 5.73 Å². The molecular formula is C14H19ClN2OS. The van der Waals surface area contributed by atoms with Gasteiger partial charge in [-0.25, -0.2) is 0 Å². The molecule has 1 aliphatic rings. The lowest BCUT2D eigenvalue weighted by molar-refractivity contribution is -0.129. The van der Waals surface area contributed by atoms with Gasteiger partial charge in [0, 0.05) is 18.0 Å². The summed E-state index contributed by atoms with van der Waals surface area (Å²) in [5.74, 6) is 0.641. The first-order valence-electron chi connectivity index (χ1n) is 6.52. The third kappa shape index (κ3) is 3.65. The molecule has 19 heavy (non-hydrogen) atoms. The van der Waals surface area contributed by atoms with Crippen LogP contribution in [0.3, 0.4) is 0 Å². The molecule has 0 aliphatic carbocycles. The highest BCUT2D eigenvalue weighted by Gasteiger charge is 2.28. The predicted molar refractivity (Wildman–Crippen MR) is 80.5 cm³/mol. The monoisotopic (exact) mass is 298 g/mol. The maximum Gasteiger partial charge on any atom is 0.235 e. The predicted octanol–water partition coefficient (Wildman–Crippen LogP) is 2.63. The number of nitrogens with two attached hydrogens (primary N) is 1. The largest absolute Gasteiger partial charge is 0.341 e. The Labute approximate surface area is 123 Å². The van der Waals surface area contributed by atoms with Gasteiger partial charge in [0.25, 0.3) is 0 Å². The van der Waals surface area contributed by atoms with Gasteiger partial charge in [-0.15, -0.1) is 11.8 Å². The number of halogens is 1. The first-order chi connectivity index (χ1) is 9.11. The Morgan fingerprint density at radius 2 is 2.32 bits per heavy atom. The molecule has 2 atom stereocenters. The minimum atomic E-state index is -0.114. The Morgan fingerprint density at radius 3 is 2.95 bits per heavy atom. The molecule has 2 N–H and O–H groups in total. The molecule has 1 amide bonds. The Kier molecular flexibility index (Phi) is 5.13. The summed E-state index contributed by atoms with van der Waals surface area (Å²) in [5.41, 5.74) is 5.66. The summed E-state index contributed by atoms with van der Waals surface area (Å²) in [5, 5.41) is 0.588. The van der Waals surface area contributed by atoms with Gasteiger partial charge in [-0.1, -0.05) is 23.7 Å². The van der Waals surface area contributed by atoms with Crippen molar-refractivity contribution >= 4 is 29.3 Å². The van der Waals surface area contributed by atoms with Gasteiger partial charge in [-0.3, -0.25) is 4.79 Å². The molecule has 2 unspecified atom stereocenters. The van der Waals surface area contributed by atoms with Crippen molar-refractivity contribution in [2.24, 2.45) is 11.7 Å². The number of hydrogen-bond donors (Lipinski definition) is 1. The maximum absolute atomic E-state index is 12.3. The summed E-state index contributed by atoms with van der Waals surface area (Å²) in [6.45, 7) is 4.22. The highest BCUT2D eigenvalue weighted by molar-refractivity contribution is 8.00. The summed E-state index contributed by atoms with van der Waals surface area (Å²) in [4.78, 5) is 15.2. The molecule has 104 valence electrons. The van der Waals surface area contributed by atoms with Crippen molar-refractivity contribution in [2.45, 2.75) is 23.5 Å². The highest BCUT2D eigenvalue weighted by Crippen LogP contribution is 2.31. The lowest BCUT2D eigenvalue weighted by atomic mass is 10.1. The zero-order chi connectivity index (χ0) is 13.8. The van der Waals surface area contributed by atoms with Gasteiger partial charge in [0.2, 0.25) is 5.91 Å². The topological polar surface area (TPSA) is 46.3 Å². The second kappa shape index (κ2) is 6.64. The molecule has 0 radical (unpaired) electrons. The van der Waals surface area contributed by atoms with E-state index in [0.717, 1.165) is 24.4 Å². The standard InChI is InChI=1S/C14H19ClN2OS/c1-10(19-13-5-3-2-4-12(13)15)14(18)17-7-6-11(8-16)9-17/h2-5,10-11H,6-9,16H2,1H3. The van der Waals surface area contributed by atoms with Gasteiger partial charge in [-0.05, 0) is 37.9 Å². The van der Waals surface area contributed by atoms with Crippen LogP contribution in [0.2, 0.25) is 5.02 Å². The van der Waals surface area contributed by atoms with Crippen LogP contribution in [-0.4, -0.2) is 35.7 Å². The zero-order valence-corrected chi connectivity index (χ0v) is 12.6. The Hall–Kier alpha value is -0.710. The number of likely N-dealkylation sites (tertiary alicyclic amines) is 1. The Bertz CT molecular complexity index is 455. The van der Waals surface area contributed by atoms with Crippen molar-refractivity contribution in [3.63, 3.8) is 0 Å². The van der Waals surface area contributed by atoms with Gasteiger partial charge < -0.3 is 10.6 Å². The highest BCUT2D eigenvalue weighted by atomic mass is 35.5. The first kappa shape index (κ1) is 14.7. The molecule has 0 bridgehead atoms. The fourth-order valence-electron chi connectivity index (χ4n) is 2.26. The third-order valence-electron chi connectivity index (χ3n) is 3.42. The van der Waals surface area contributed by atoms with Crippen LogP contribution in [0.1, 0.15) is 13.3 Å². The van der Waals surface area contributed by atoms with E-state index in [1.807, 2.05) is 36.1 Å². The smallest absolute Gasteiger partial charge is 0.235 e. The number of thioether (sulfide) groups is 1. The van der Waals surface area contributed by atoms with E-state index in [0.29, 0.717) is 17.5 Å². The number of hydrogen-bond acceptors (Lipinski definition) is 3. The van der Waals surface area contributed by atoms with Crippen molar-refractivity contribution in [2.75, 3.05) is 19.6 Å². The average molecular weight is 299 g/mol. The van der Waals surface area contributed by atoms with Crippen LogP contribution in [0.15, 0.2) is 29.2 Å². The maximum atomic E-state index is 12.3. The molecule has 1 aromatic carbocycles. The van der Waals surface area contributed by atoms with E-state index >= 15 is 0 Å². The third-order valence-corrected chi connectivity index (χ3v) is 5.03. The first-order valence-corrected chi connectivity index (χ1v) is 7.77. The van der Waals surface area contributed by atoms with Crippen LogP contribution in [0.25, 0.3) is 0 Å². The molecule has 5 heteroatoms. The van der Waals surface area contributed by atoms with Gasteiger partial charge in [0.1, 0.15) is 0 Å². The second-order valence-electron chi connectivity index (χ2n) is 4.87. The molecule has 0 spiro atoms. The lowest BCUT2D eigenvalue weighted by Gasteiger charge is -2.21. The Balaban J connectivity index is 1.95. The van der Waals surface area contributed by atoms with Gasteiger partial charge in [-0.2, -0.15) is 0 Å². The summed E-state index contributed by atoms with van der Waals surface area (Å²) in [7, 11) is 0. The molecule has 1 aromatic rings. The molecule has 0 aromatic heterocycles. The van der Waals surface area contributed by atoms with Crippen molar-refractivity contribution in [3.8, 4) is 0 Å². The lowest BCUT2D eigenvalue weighted by Crippen LogP contribution is -2.35. The summed E-state index contributed by atoms with van der Waals surface area (Å²) < 4.78 is 0. The molecule has 1 fully saturated rings. The number of carbonyl (C=O) groups excluding carboxylic acids is 1. The zero-order valence-electron chi connectivity index (χ0n) is 11.0. The fourth-order valence-corrected chi connectivity index (χ4v) is 3.50. The SMILES string of the molecule is CC(Sc1ccccc1Cl)C(=O)N1CCC(CN)C1. The van der Waals surface area contributed by atoms with Crippen molar-refractivity contribution in [1.82, 2.24) is 4.90 Å². The van der Waals surface area contributed by atoms with E-state index in [1.54, 1.807) is 0 Å². The van der Waals surface area contributed by atoms with Crippen molar-refractivity contribution in [3.05, 3.63) is 29.3 Å². The summed E-state index contributed by atoms with van der Waals surface area (Å²) in [6, 6.07) is 7.63. The minimum Gasteiger partial charge on any atom is -0.341 e. The van der Waals surface area contributed by atoms with Crippen LogP contribution in [0, 0.1) is 5.92 Å². The van der Waals surface area contributed by atoms with E-state index in [4.69, 9.17) is 17.3 Å². The normalized spacial score (nSPS) is 20.6. The summed E-state index contributed by atoms with van der Waals surface area (Å²) in [6.07, 6.45) is 1.02. The fraction of sp³-hybridized carbons (Fsp3) is 0.500. The number of rotatable bonds is 4. The van der Waals surface area contributed by atoms with Crippen molar-refractivity contribution < 1.29 is 4.79 Å². The van der Waals surface area contributed by atoms with Crippen LogP contribution in [-0.2, 0) is 4.79 Å².